The van der Waals surface area contributed by atoms with E-state index in [0.29, 0.717) is 15.8 Å². The zero-order chi connectivity index (χ0) is 15.4. The molecular weight excluding hydrogens is 380 g/mol. The topological polar surface area (TPSA) is 0 Å². The van der Waals surface area contributed by atoms with Crippen LogP contribution in [-0.4, -0.2) is 18.4 Å². The van der Waals surface area contributed by atoms with Gasteiger partial charge in [0, 0.05) is 0 Å². The molecule has 1 aromatic carbocycles. The number of rotatable bonds is 2. The fourth-order valence-corrected chi connectivity index (χ4v) is 14.2. The van der Waals surface area contributed by atoms with E-state index in [1.165, 1.54) is 31.4 Å². The summed E-state index contributed by atoms with van der Waals surface area (Å²) in [6.07, 6.45) is -0.461. The van der Waals surface area contributed by atoms with Gasteiger partial charge in [-0.05, 0) is 0 Å². The molecule has 0 N–H and O–H groups in total. The van der Waals surface area contributed by atoms with Crippen molar-refractivity contribution in [2.45, 2.75) is 50.1 Å². The Morgan fingerprint density at radius 2 is 1.71 bits per heavy atom. The SMILES string of the molecule is [CH3][Sn]([CH3])([CH3])[C@H]1[C@@H]2CC[C@@H](C2)[C@H]1c1cccc(C(F)(F)F)c1. The molecule has 0 unspecified atom stereocenters. The van der Waals surface area contributed by atoms with Crippen molar-refractivity contribution >= 4 is 18.4 Å². The zero-order valence-electron chi connectivity index (χ0n) is 12.9. The quantitative estimate of drug-likeness (QED) is 0.538. The number of halogens is 3. The van der Waals surface area contributed by atoms with E-state index in [2.05, 4.69) is 14.8 Å². The van der Waals surface area contributed by atoms with Crippen molar-refractivity contribution in [3.05, 3.63) is 35.4 Å². The second kappa shape index (κ2) is 5.17. The van der Waals surface area contributed by atoms with Crippen LogP contribution in [0.15, 0.2) is 24.3 Å². The number of hydrogen-bond acceptors (Lipinski definition) is 0. The summed E-state index contributed by atoms with van der Waals surface area (Å²) >= 11 is -2.15. The molecule has 2 bridgehead atoms. The Morgan fingerprint density at radius 1 is 1.05 bits per heavy atom. The maximum absolute atomic E-state index is 13.0. The Bertz CT molecular complexity index is 530. The van der Waals surface area contributed by atoms with Crippen LogP contribution < -0.4 is 0 Å². The molecule has 0 aliphatic heterocycles. The van der Waals surface area contributed by atoms with Crippen LogP contribution in [0.5, 0.6) is 0 Å². The summed E-state index contributed by atoms with van der Waals surface area (Å²) in [5, 5.41) is 0. The van der Waals surface area contributed by atoms with E-state index in [-0.39, 0.29) is 0 Å². The molecular formula is C17H23F3Sn. The molecule has 116 valence electrons. The third kappa shape index (κ3) is 2.87. The van der Waals surface area contributed by atoms with Crippen LogP contribution in [0, 0.1) is 11.8 Å². The van der Waals surface area contributed by atoms with E-state index in [0.717, 1.165) is 11.5 Å². The van der Waals surface area contributed by atoms with Gasteiger partial charge in [0.2, 0.25) is 0 Å². The van der Waals surface area contributed by atoms with Crippen molar-refractivity contribution in [2.75, 3.05) is 0 Å². The third-order valence-corrected chi connectivity index (χ3v) is 13.6. The summed E-state index contributed by atoms with van der Waals surface area (Å²) < 4.78 is 39.7. The average molecular weight is 403 g/mol. The predicted molar refractivity (Wildman–Crippen MR) is 82.1 cm³/mol. The summed E-state index contributed by atoms with van der Waals surface area (Å²) in [6, 6.07) is 6.16. The molecule has 0 saturated heterocycles. The van der Waals surface area contributed by atoms with Gasteiger partial charge >= 0.3 is 129 Å². The second-order valence-corrected chi connectivity index (χ2v) is 23.3. The normalized spacial score (nSPS) is 32.7. The van der Waals surface area contributed by atoms with Gasteiger partial charge in [0.1, 0.15) is 0 Å². The van der Waals surface area contributed by atoms with Gasteiger partial charge in [0.05, 0.1) is 0 Å². The minimum atomic E-state index is -4.23. The Labute approximate surface area is 129 Å². The Kier molecular flexibility index (Phi) is 3.87. The van der Waals surface area contributed by atoms with Crippen molar-refractivity contribution in [1.82, 2.24) is 0 Å². The van der Waals surface area contributed by atoms with Gasteiger partial charge in [-0.15, -0.1) is 0 Å². The van der Waals surface area contributed by atoms with E-state index in [1.807, 2.05) is 6.07 Å². The van der Waals surface area contributed by atoms with Gasteiger partial charge in [-0.25, -0.2) is 0 Å². The molecule has 2 saturated carbocycles. The molecule has 21 heavy (non-hydrogen) atoms. The first-order chi connectivity index (χ1) is 9.68. The number of alkyl halides is 3. The first-order valence-electron chi connectivity index (χ1n) is 7.85. The molecule has 3 rings (SSSR count). The van der Waals surface area contributed by atoms with Gasteiger partial charge in [-0.3, -0.25) is 0 Å². The molecule has 0 heterocycles. The second-order valence-electron chi connectivity index (χ2n) is 7.87. The monoisotopic (exact) mass is 404 g/mol. The molecule has 2 aliphatic carbocycles. The van der Waals surface area contributed by atoms with Gasteiger partial charge in [-0.2, -0.15) is 0 Å². The van der Waals surface area contributed by atoms with Crippen LogP contribution in [0.2, 0.25) is 18.8 Å². The molecule has 0 amide bonds. The molecule has 2 aliphatic rings. The summed E-state index contributed by atoms with van der Waals surface area (Å²) in [5.74, 6) is 1.80. The van der Waals surface area contributed by atoms with Crippen LogP contribution in [0.4, 0.5) is 13.2 Å². The third-order valence-electron chi connectivity index (χ3n) is 5.52. The van der Waals surface area contributed by atoms with Crippen LogP contribution >= 0.6 is 0 Å². The van der Waals surface area contributed by atoms with Crippen LogP contribution in [-0.2, 0) is 6.18 Å². The minimum absolute atomic E-state index is 0.391. The van der Waals surface area contributed by atoms with Gasteiger partial charge in [-0.1, -0.05) is 0 Å². The van der Waals surface area contributed by atoms with Crippen molar-refractivity contribution in [3.63, 3.8) is 0 Å². The van der Waals surface area contributed by atoms with Gasteiger partial charge < -0.3 is 0 Å². The van der Waals surface area contributed by atoms with Crippen molar-refractivity contribution in [3.8, 4) is 0 Å². The molecule has 2 fully saturated rings. The van der Waals surface area contributed by atoms with Crippen LogP contribution in [0.25, 0.3) is 0 Å². The Morgan fingerprint density at radius 3 is 2.33 bits per heavy atom. The summed E-state index contributed by atoms with van der Waals surface area (Å²) in [4.78, 5) is 7.34. The average Bonchev–Trinajstić information content (AvgIpc) is 2.97. The van der Waals surface area contributed by atoms with Crippen LogP contribution in [0.3, 0.4) is 0 Å². The molecule has 4 heteroatoms. The summed E-state index contributed by atoms with van der Waals surface area (Å²) in [5.41, 5.74) is 0.472. The first-order valence-corrected chi connectivity index (χ1v) is 18.1. The fraction of sp³-hybridized carbons (Fsp3) is 0.647. The van der Waals surface area contributed by atoms with Crippen molar-refractivity contribution in [2.24, 2.45) is 11.8 Å². The van der Waals surface area contributed by atoms with E-state index in [9.17, 15) is 13.2 Å². The number of fused-ring (bicyclic) bond motifs is 2. The standard InChI is InChI=1S/C14H14F3.3CH3.Sn/c15-14(16,17)12-3-1-2-10(8-12)13-7-9-4-5-11(13)6-9;;;;/h1-3,7-9,11,13H,4-6H2;3*1H3;/t9-,11+,13-;;;;/m1..../s1. The Hall–Kier alpha value is -0.191. The molecule has 4 atom stereocenters. The summed E-state index contributed by atoms with van der Waals surface area (Å²) in [6.45, 7) is 0. The fourth-order valence-electron chi connectivity index (χ4n) is 4.94. The van der Waals surface area contributed by atoms with Crippen molar-refractivity contribution < 1.29 is 13.2 Å². The summed E-state index contributed by atoms with van der Waals surface area (Å²) in [7, 11) is 0. The van der Waals surface area contributed by atoms with Gasteiger partial charge in [0.25, 0.3) is 0 Å². The predicted octanol–water partition coefficient (Wildman–Crippen LogP) is 5.93. The zero-order valence-corrected chi connectivity index (χ0v) is 15.7. The molecule has 0 radical (unpaired) electrons. The maximum atomic E-state index is 13.0. The Balaban J connectivity index is 1.99. The molecule has 0 spiro atoms. The van der Waals surface area contributed by atoms with E-state index in [1.54, 1.807) is 6.07 Å². The van der Waals surface area contributed by atoms with Gasteiger partial charge in [0.15, 0.2) is 0 Å². The van der Waals surface area contributed by atoms with E-state index < -0.39 is 30.1 Å². The molecule has 0 aromatic heterocycles. The molecule has 0 nitrogen and oxygen atoms in total. The number of benzene rings is 1. The van der Waals surface area contributed by atoms with Crippen LogP contribution in [0.1, 0.15) is 36.3 Å². The molecule has 1 aromatic rings. The van der Waals surface area contributed by atoms with Crippen molar-refractivity contribution in [1.29, 1.82) is 0 Å². The number of hydrogen-bond donors (Lipinski definition) is 0. The van der Waals surface area contributed by atoms with E-state index >= 15 is 0 Å². The first kappa shape index (κ1) is 15.7. The van der Waals surface area contributed by atoms with E-state index in [4.69, 9.17) is 0 Å².